The highest BCUT2D eigenvalue weighted by Gasteiger charge is 2.07. The molecule has 0 spiro atoms. The summed E-state index contributed by atoms with van der Waals surface area (Å²) in [6, 6.07) is 12.4. The molecule has 1 amide bonds. The van der Waals surface area contributed by atoms with Gasteiger partial charge in [-0.3, -0.25) is 9.52 Å². The third kappa shape index (κ3) is 7.23. The van der Waals surface area contributed by atoms with Crippen LogP contribution < -0.4 is 14.8 Å². The molecule has 0 fully saturated rings. The van der Waals surface area contributed by atoms with Crippen molar-refractivity contribution in [1.82, 2.24) is 4.98 Å². The Bertz CT molecular complexity index is 1200. The van der Waals surface area contributed by atoms with Crippen molar-refractivity contribution in [3.05, 3.63) is 75.7 Å². The maximum absolute atomic E-state index is 12.2. The van der Waals surface area contributed by atoms with Crippen LogP contribution >= 0.6 is 11.3 Å². The number of hydrogen-bond acceptors (Lipinski definition) is 6. The normalized spacial score (nSPS) is 11.5. The summed E-state index contributed by atoms with van der Waals surface area (Å²) < 4.78 is 31.1. The summed E-state index contributed by atoms with van der Waals surface area (Å²) in [7, 11) is -3.40. The lowest BCUT2D eigenvalue weighted by atomic mass is 10.2. The van der Waals surface area contributed by atoms with E-state index in [4.69, 9.17) is 4.74 Å². The van der Waals surface area contributed by atoms with E-state index in [1.807, 2.05) is 36.6 Å². The van der Waals surface area contributed by atoms with Gasteiger partial charge < -0.3 is 10.1 Å². The number of aryl methyl sites for hydroxylation is 2. The third-order valence-electron chi connectivity index (χ3n) is 4.16. The van der Waals surface area contributed by atoms with Gasteiger partial charge in [-0.1, -0.05) is 18.2 Å². The number of amides is 1. The molecule has 3 aromatic rings. The highest BCUT2D eigenvalue weighted by atomic mass is 32.2. The maximum Gasteiger partial charge on any atom is 0.248 e. The molecule has 0 radical (unpaired) electrons. The Morgan fingerprint density at radius 1 is 1.16 bits per heavy atom. The summed E-state index contributed by atoms with van der Waals surface area (Å²) in [4.78, 5) is 16.6. The number of hydrogen-bond donors (Lipinski definition) is 2. The van der Waals surface area contributed by atoms with Crippen LogP contribution in [0, 0.1) is 13.8 Å². The maximum atomic E-state index is 12.2. The van der Waals surface area contributed by atoms with Gasteiger partial charge in [-0.05, 0) is 55.3 Å². The van der Waals surface area contributed by atoms with Crippen molar-refractivity contribution in [3.8, 4) is 5.75 Å². The molecule has 0 saturated heterocycles. The lowest BCUT2D eigenvalue weighted by molar-refractivity contribution is -0.111. The lowest BCUT2D eigenvalue weighted by Crippen LogP contribution is -2.12. The highest BCUT2D eigenvalue weighted by Crippen LogP contribution is 2.21. The molecule has 9 heteroatoms. The summed E-state index contributed by atoms with van der Waals surface area (Å²) in [5.74, 6) is 0.395. The second kappa shape index (κ2) is 9.76. The first kappa shape index (κ1) is 22.5. The van der Waals surface area contributed by atoms with E-state index in [0.717, 1.165) is 33.8 Å². The number of benzene rings is 2. The number of thiazole rings is 1. The van der Waals surface area contributed by atoms with Crippen LogP contribution in [0.4, 0.5) is 11.4 Å². The van der Waals surface area contributed by atoms with Crippen LogP contribution in [0.5, 0.6) is 5.75 Å². The van der Waals surface area contributed by atoms with Gasteiger partial charge in [-0.2, -0.15) is 0 Å². The number of anilines is 2. The predicted molar refractivity (Wildman–Crippen MR) is 125 cm³/mol. The van der Waals surface area contributed by atoms with Crippen LogP contribution in [0.3, 0.4) is 0 Å². The number of rotatable bonds is 8. The van der Waals surface area contributed by atoms with E-state index in [2.05, 4.69) is 15.0 Å². The quantitative estimate of drug-likeness (QED) is 0.490. The average Bonchev–Trinajstić information content (AvgIpc) is 3.12. The molecule has 0 aliphatic carbocycles. The SMILES string of the molecule is Cc1nc(COc2ccc(/C=C/C(=O)Nc3ccc(C)c(NS(C)(=O)=O)c3)cc2)cs1. The summed E-state index contributed by atoms with van der Waals surface area (Å²) in [6.45, 7) is 4.15. The topological polar surface area (TPSA) is 97.4 Å². The van der Waals surface area contributed by atoms with Gasteiger partial charge in [0.1, 0.15) is 12.4 Å². The number of carbonyl (C=O) groups is 1. The summed E-state index contributed by atoms with van der Waals surface area (Å²) in [5.41, 5.74) is 3.41. The van der Waals surface area contributed by atoms with Gasteiger partial charge in [-0.15, -0.1) is 11.3 Å². The molecule has 0 aliphatic heterocycles. The van der Waals surface area contributed by atoms with Crippen LogP contribution in [0.15, 0.2) is 53.9 Å². The summed E-state index contributed by atoms with van der Waals surface area (Å²) in [5, 5.41) is 5.70. The largest absolute Gasteiger partial charge is 0.487 e. The van der Waals surface area contributed by atoms with Crippen LogP contribution in [-0.4, -0.2) is 25.6 Å². The van der Waals surface area contributed by atoms with Crippen LogP contribution in [0.1, 0.15) is 21.8 Å². The minimum absolute atomic E-state index is 0.326. The first-order chi connectivity index (χ1) is 14.7. The van der Waals surface area contributed by atoms with Gasteiger partial charge in [0.05, 0.1) is 22.6 Å². The van der Waals surface area contributed by atoms with Gasteiger partial charge in [0.2, 0.25) is 15.9 Å². The Balaban J connectivity index is 1.56. The van der Waals surface area contributed by atoms with Gasteiger partial charge in [0, 0.05) is 17.1 Å². The Labute approximate surface area is 185 Å². The number of sulfonamides is 1. The zero-order chi connectivity index (χ0) is 22.4. The first-order valence-electron chi connectivity index (χ1n) is 9.39. The molecule has 1 heterocycles. The van der Waals surface area contributed by atoms with E-state index in [1.54, 1.807) is 42.5 Å². The molecule has 7 nitrogen and oxygen atoms in total. The van der Waals surface area contributed by atoms with Gasteiger partial charge >= 0.3 is 0 Å². The predicted octanol–water partition coefficient (Wildman–Crippen LogP) is 4.36. The van der Waals surface area contributed by atoms with Crippen molar-refractivity contribution in [2.45, 2.75) is 20.5 Å². The number of ether oxygens (including phenoxy) is 1. The zero-order valence-corrected chi connectivity index (χ0v) is 19.0. The molecule has 0 atom stereocenters. The standard InChI is InChI=1S/C22H23N3O4S2/c1-15-4-8-18(12-21(15)25-31(3,27)28)24-22(26)11-7-17-5-9-20(10-6-17)29-13-19-14-30-16(2)23-19/h4-12,14,25H,13H2,1-3H3,(H,24,26)/b11-7+. The van der Waals surface area contributed by atoms with Crippen LogP contribution in [-0.2, 0) is 21.4 Å². The second-order valence-corrected chi connectivity index (χ2v) is 9.75. The molecular weight excluding hydrogens is 434 g/mol. The lowest BCUT2D eigenvalue weighted by Gasteiger charge is -2.10. The van der Waals surface area contributed by atoms with Crippen LogP contribution in [0.25, 0.3) is 6.08 Å². The number of aromatic nitrogens is 1. The van der Waals surface area contributed by atoms with Gasteiger partial charge in [-0.25, -0.2) is 13.4 Å². The Kier molecular flexibility index (Phi) is 7.09. The van der Waals surface area contributed by atoms with E-state index in [1.165, 1.54) is 6.08 Å². The molecule has 2 N–H and O–H groups in total. The Morgan fingerprint density at radius 3 is 2.55 bits per heavy atom. The van der Waals surface area contributed by atoms with Crippen molar-refractivity contribution in [1.29, 1.82) is 0 Å². The van der Waals surface area contributed by atoms with Crippen molar-refractivity contribution in [3.63, 3.8) is 0 Å². The van der Waals surface area contributed by atoms with E-state index in [9.17, 15) is 13.2 Å². The molecular formula is C22H23N3O4S2. The molecule has 31 heavy (non-hydrogen) atoms. The zero-order valence-electron chi connectivity index (χ0n) is 17.4. The van der Waals surface area contributed by atoms with Gasteiger partial charge in [0.25, 0.3) is 0 Å². The van der Waals surface area contributed by atoms with Gasteiger partial charge in [0.15, 0.2) is 0 Å². The van der Waals surface area contributed by atoms with Crippen molar-refractivity contribution < 1.29 is 17.9 Å². The first-order valence-corrected chi connectivity index (χ1v) is 12.2. The van der Waals surface area contributed by atoms with Crippen molar-refractivity contribution in [2.75, 3.05) is 16.3 Å². The molecule has 0 aliphatic rings. The summed E-state index contributed by atoms with van der Waals surface area (Å²) in [6.07, 6.45) is 4.18. The van der Waals surface area contributed by atoms with E-state index in [-0.39, 0.29) is 5.91 Å². The number of nitrogens with zero attached hydrogens (tertiary/aromatic N) is 1. The monoisotopic (exact) mass is 457 g/mol. The minimum atomic E-state index is -3.40. The molecule has 0 saturated carbocycles. The van der Waals surface area contributed by atoms with E-state index in [0.29, 0.717) is 18.0 Å². The fourth-order valence-corrected chi connectivity index (χ4v) is 3.89. The van der Waals surface area contributed by atoms with Crippen molar-refractivity contribution in [2.24, 2.45) is 0 Å². The number of nitrogens with one attached hydrogen (secondary N) is 2. The molecule has 3 rings (SSSR count). The Hall–Kier alpha value is -3.17. The smallest absolute Gasteiger partial charge is 0.248 e. The summed E-state index contributed by atoms with van der Waals surface area (Å²) >= 11 is 1.59. The highest BCUT2D eigenvalue weighted by molar-refractivity contribution is 7.92. The minimum Gasteiger partial charge on any atom is -0.487 e. The number of carbonyl (C=O) groups excluding carboxylic acids is 1. The molecule has 162 valence electrons. The average molecular weight is 458 g/mol. The fraction of sp³-hybridized carbons (Fsp3) is 0.182. The molecule has 0 unspecified atom stereocenters. The third-order valence-corrected chi connectivity index (χ3v) is 5.57. The van der Waals surface area contributed by atoms with E-state index >= 15 is 0 Å². The van der Waals surface area contributed by atoms with E-state index < -0.39 is 10.0 Å². The van der Waals surface area contributed by atoms with Crippen molar-refractivity contribution >= 4 is 44.7 Å². The molecule has 2 aromatic carbocycles. The molecule has 0 bridgehead atoms. The second-order valence-electron chi connectivity index (χ2n) is 6.94. The Morgan fingerprint density at radius 2 is 1.90 bits per heavy atom. The van der Waals surface area contributed by atoms with Crippen LogP contribution in [0.2, 0.25) is 0 Å². The fourth-order valence-electron chi connectivity index (χ4n) is 2.67. The molecule has 1 aromatic heterocycles.